The molecule has 1 aliphatic rings. The van der Waals surface area contributed by atoms with E-state index in [1.165, 1.54) is 19.3 Å². The average Bonchev–Trinajstić information content (AvgIpc) is 2.67. The molecule has 0 saturated heterocycles. The van der Waals surface area contributed by atoms with E-state index in [0.29, 0.717) is 19.2 Å². The fourth-order valence-electron chi connectivity index (χ4n) is 3.12. The maximum atomic E-state index is 12.0. The Labute approximate surface area is 149 Å². The first-order valence-electron chi connectivity index (χ1n) is 9.09. The zero-order valence-corrected chi connectivity index (χ0v) is 14.5. The lowest BCUT2D eigenvalue weighted by Crippen LogP contribution is -2.39. The lowest BCUT2D eigenvalue weighted by molar-refractivity contribution is -0.120. The van der Waals surface area contributed by atoms with Gasteiger partial charge in [0.2, 0.25) is 5.91 Å². The first-order valence-corrected chi connectivity index (χ1v) is 9.09. The van der Waals surface area contributed by atoms with Crippen LogP contribution in [0.3, 0.4) is 0 Å². The van der Waals surface area contributed by atoms with Crippen LogP contribution >= 0.6 is 0 Å². The van der Waals surface area contributed by atoms with Gasteiger partial charge in [0.05, 0.1) is 6.54 Å². The van der Waals surface area contributed by atoms with Gasteiger partial charge in [-0.3, -0.25) is 4.79 Å². The van der Waals surface area contributed by atoms with Gasteiger partial charge in [-0.2, -0.15) is 0 Å². The number of carbonyl (C=O) groups is 1. The maximum Gasteiger partial charge on any atom is 0.239 e. The molecule has 1 amide bonds. The Bertz CT molecular complexity index is 649. The number of anilines is 1. The van der Waals surface area contributed by atoms with Crippen LogP contribution in [-0.2, 0) is 11.4 Å². The van der Waals surface area contributed by atoms with Gasteiger partial charge in [0.1, 0.15) is 12.4 Å². The Hall–Kier alpha value is -2.49. The second-order valence-electron chi connectivity index (χ2n) is 6.55. The Kier molecular flexibility index (Phi) is 6.32. The maximum absolute atomic E-state index is 12.0. The number of carbonyl (C=O) groups excluding carboxylic acids is 1. The number of hydrogen-bond donors (Lipinski definition) is 2. The minimum Gasteiger partial charge on any atom is -0.489 e. The van der Waals surface area contributed by atoms with E-state index in [1.54, 1.807) is 0 Å². The molecule has 3 rings (SSSR count). The van der Waals surface area contributed by atoms with Crippen molar-refractivity contribution in [2.24, 2.45) is 0 Å². The molecule has 2 aromatic carbocycles. The smallest absolute Gasteiger partial charge is 0.239 e. The normalized spacial score (nSPS) is 14.7. The van der Waals surface area contributed by atoms with Crippen LogP contribution in [0.2, 0.25) is 0 Å². The van der Waals surface area contributed by atoms with Gasteiger partial charge in [0.15, 0.2) is 0 Å². The number of amides is 1. The van der Waals surface area contributed by atoms with Crippen molar-refractivity contribution in [2.45, 2.75) is 44.8 Å². The standard InChI is InChI=1S/C21H26N2O2/c24-21(23-19-9-5-2-6-10-19)15-22-18-11-13-20(14-12-18)25-16-17-7-3-1-4-8-17/h1,3-4,7-8,11-14,19,22H,2,5-6,9-10,15-16H2,(H,23,24). The third-order valence-corrected chi connectivity index (χ3v) is 4.53. The average molecular weight is 338 g/mol. The number of rotatable bonds is 7. The van der Waals surface area contributed by atoms with Crippen LogP contribution in [0.4, 0.5) is 5.69 Å². The van der Waals surface area contributed by atoms with Gasteiger partial charge >= 0.3 is 0 Å². The van der Waals surface area contributed by atoms with E-state index in [-0.39, 0.29) is 5.91 Å². The van der Waals surface area contributed by atoms with E-state index >= 15 is 0 Å². The molecule has 4 heteroatoms. The molecule has 2 aromatic rings. The summed E-state index contributed by atoms with van der Waals surface area (Å²) in [6, 6.07) is 18.2. The predicted molar refractivity (Wildman–Crippen MR) is 101 cm³/mol. The predicted octanol–water partition coefficient (Wildman–Crippen LogP) is 4.13. The van der Waals surface area contributed by atoms with Crippen LogP contribution in [0, 0.1) is 0 Å². The molecule has 1 saturated carbocycles. The molecule has 0 radical (unpaired) electrons. The number of benzene rings is 2. The van der Waals surface area contributed by atoms with E-state index in [9.17, 15) is 4.79 Å². The summed E-state index contributed by atoms with van der Waals surface area (Å²) in [5.41, 5.74) is 2.06. The van der Waals surface area contributed by atoms with Crippen LogP contribution < -0.4 is 15.4 Å². The van der Waals surface area contributed by atoms with Gasteiger partial charge in [0, 0.05) is 11.7 Å². The zero-order chi connectivity index (χ0) is 17.3. The summed E-state index contributed by atoms with van der Waals surface area (Å²) >= 11 is 0. The summed E-state index contributed by atoms with van der Waals surface area (Å²) in [5, 5.41) is 6.28. The minimum absolute atomic E-state index is 0.0660. The molecule has 0 unspecified atom stereocenters. The highest BCUT2D eigenvalue weighted by molar-refractivity contribution is 5.81. The van der Waals surface area contributed by atoms with Gasteiger partial charge < -0.3 is 15.4 Å². The SMILES string of the molecule is O=C(CNc1ccc(OCc2ccccc2)cc1)NC1CCCCC1. The molecular weight excluding hydrogens is 312 g/mol. The molecule has 132 valence electrons. The molecule has 0 aliphatic heterocycles. The molecule has 0 aromatic heterocycles. The summed E-state index contributed by atoms with van der Waals surface area (Å²) in [6.45, 7) is 0.859. The molecular formula is C21H26N2O2. The lowest BCUT2D eigenvalue weighted by Gasteiger charge is -2.22. The second kappa shape index (κ2) is 9.11. The van der Waals surface area contributed by atoms with Crippen molar-refractivity contribution in [3.63, 3.8) is 0 Å². The van der Waals surface area contributed by atoms with Crippen molar-refractivity contribution in [3.8, 4) is 5.75 Å². The Morgan fingerprint density at radius 2 is 1.68 bits per heavy atom. The molecule has 25 heavy (non-hydrogen) atoms. The Morgan fingerprint density at radius 1 is 0.960 bits per heavy atom. The molecule has 2 N–H and O–H groups in total. The monoisotopic (exact) mass is 338 g/mol. The largest absolute Gasteiger partial charge is 0.489 e. The first kappa shape index (κ1) is 17.3. The second-order valence-corrected chi connectivity index (χ2v) is 6.55. The van der Waals surface area contributed by atoms with Gasteiger partial charge in [-0.05, 0) is 42.7 Å². The van der Waals surface area contributed by atoms with Crippen LogP contribution in [0.5, 0.6) is 5.75 Å². The number of hydrogen-bond acceptors (Lipinski definition) is 3. The number of ether oxygens (including phenoxy) is 1. The van der Waals surface area contributed by atoms with E-state index < -0.39 is 0 Å². The van der Waals surface area contributed by atoms with Crippen molar-refractivity contribution in [1.29, 1.82) is 0 Å². The van der Waals surface area contributed by atoms with Gasteiger partial charge in [-0.1, -0.05) is 49.6 Å². The van der Waals surface area contributed by atoms with Gasteiger partial charge in [-0.25, -0.2) is 0 Å². The third kappa shape index (κ3) is 5.82. The van der Waals surface area contributed by atoms with E-state index in [2.05, 4.69) is 10.6 Å². The summed E-state index contributed by atoms with van der Waals surface area (Å²) in [7, 11) is 0. The molecule has 0 atom stereocenters. The minimum atomic E-state index is 0.0660. The fourth-order valence-corrected chi connectivity index (χ4v) is 3.12. The number of nitrogens with one attached hydrogen (secondary N) is 2. The van der Waals surface area contributed by atoms with Crippen molar-refractivity contribution in [2.75, 3.05) is 11.9 Å². The molecule has 0 spiro atoms. The van der Waals surface area contributed by atoms with E-state index in [1.807, 2.05) is 54.6 Å². The highest BCUT2D eigenvalue weighted by Crippen LogP contribution is 2.18. The van der Waals surface area contributed by atoms with Crippen LogP contribution in [0.1, 0.15) is 37.7 Å². The topological polar surface area (TPSA) is 50.4 Å². The van der Waals surface area contributed by atoms with Crippen LogP contribution in [0.25, 0.3) is 0 Å². The molecule has 1 aliphatic carbocycles. The molecule has 1 fully saturated rings. The lowest BCUT2D eigenvalue weighted by atomic mass is 9.95. The molecule has 0 heterocycles. The van der Waals surface area contributed by atoms with Gasteiger partial charge in [0.25, 0.3) is 0 Å². The fraction of sp³-hybridized carbons (Fsp3) is 0.381. The quantitative estimate of drug-likeness (QED) is 0.798. The summed E-state index contributed by atoms with van der Waals surface area (Å²) < 4.78 is 5.77. The highest BCUT2D eigenvalue weighted by atomic mass is 16.5. The van der Waals surface area contributed by atoms with Crippen LogP contribution in [-0.4, -0.2) is 18.5 Å². The molecule has 0 bridgehead atoms. The first-order chi connectivity index (χ1) is 12.3. The Balaban J connectivity index is 1.40. The van der Waals surface area contributed by atoms with Gasteiger partial charge in [-0.15, -0.1) is 0 Å². The third-order valence-electron chi connectivity index (χ3n) is 4.53. The van der Waals surface area contributed by atoms with Crippen molar-refractivity contribution in [3.05, 3.63) is 60.2 Å². The van der Waals surface area contributed by atoms with Crippen LogP contribution in [0.15, 0.2) is 54.6 Å². The van der Waals surface area contributed by atoms with E-state index in [0.717, 1.165) is 29.8 Å². The van der Waals surface area contributed by atoms with Crippen molar-refractivity contribution >= 4 is 11.6 Å². The van der Waals surface area contributed by atoms with Crippen molar-refractivity contribution < 1.29 is 9.53 Å². The van der Waals surface area contributed by atoms with Crippen molar-refractivity contribution in [1.82, 2.24) is 5.32 Å². The zero-order valence-electron chi connectivity index (χ0n) is 14.5. The summed E-state index contributed by atoms with van der Waals surface area (Å²) in [6.07, 6.45) is 5.97. The molecule has 4 nitrogen and oxygen atoms in total. The summed E-state index contributed by atoms with van der Waals surface area (Å²) in [5.74, 6) is 0.886. The summed E-state index contributed by atoms with van der Waals surface area (Å²) in [4.78, 5) is 12.0. The van der Waals surface area contributed by atoms with E-state index in [4.69, 9.17) is 4.74 Å². The Morgan fingerprint density at radius 3 is 2.40 bits per heavy atom. The highest BCUT2D eigenvalue weighted by Gasteiger charge is 2.15.